The molecule has 13 nitrogen and oxygen atoms in total. The lowest BCUT2D eigenvalue weighted by Crippen LogP contribution is -2.37. The maximum absolute atomic E-state index is 12.6. The van der Waals surface area contributed by atoms with Crippen LogP contribution in [0.2, 0.25) is 0 Å². The predicted molar refractivity (Wildman–Crippen MR) is 364 cm³/mol. The summed E-state index contributed by atoms with van der Waals surface area (Å²) in [6.07, 6.45) is 51.5. The Hall–Kier alpha value is -2.38. The first-order chi connectivity index (χ1) is 41.6. The number of ether oxygens (including phenoxy) is 3. The van der Waals surface area contributed by atoms with Crippen molar-refractivity contribution in [3.05, 3.63) is 29.8 Å². The van der Waals surface area contributed by atoms with E-state index in [2.05, 4.69) is 60.1 Å². The number of phosphoric ester groups is 1. The molecule has 0 aromatic heterocycles. The summed E-state index contributed by atoms with van der Waals surface area (Å²) in [6, 6.07) is 7.56. The van der Waals surface area contributed by atoms with E-state index in [0.717, 1.165) is 58.2 Å². The zero-order valence-corrected chi connectivity index (χ0v) is 59.7. The minimum absolute atomic E-state index is 0.0259. The standard InChI is InChI=1S/C40H80NO8P.C16H34O.C14H22O.C2H4O.CH2O/c1-6-8-10-12-14-16-18-20-22-24-26-28-30-32-39(42)46-36-38(37-48-50(44,45)47-35-34-41(3,4)5)49-40(43)33-31-29-27-25-23-21-19-17-15-13-11-9-7-2;1-2-3-4-5-6-7-8-9-10-11-12-13-14-15-16-17;1-13(2,3)10-14(4,5)11-6-8-12(15)9-7-11;1-2-3-1;1-2/h38H,6-37H2,1-5H3;17H,2-16H2,1H3;6-9,15H,10H2,1-5H3;1-2H2;1H2/t38-;;;;/m1..../s1. The van der Waals surface area contributed by atoms with Crippen LogP contribution in [0, 0.1) is 5.41 Å². The molecule has 14 heteroatoms. The summed E-state index contributed by atoms with van der Waals surface area (Å²) in [4.78, 5) is 45.4. The molecule has 1 saturated heterocycles. The molecule has 0 aliphatic carbocycles. The summed E-state index contributed by atoms with van der Waals surface area (Å²) in [5.74, 6) is -0.485. The molecule has 0 radical (unpaired) electrons. The third-order valence-corrected chi connectivity index (χ3v) is 16.4. The zero-order chi connectivity index (χ0) is 65.6. The van der Waals surface area contributed by atoms with Crippen LogP contribution >= 0.6 is 7.82 Å². The van der Waals surface area contributed by atoms with Crippen LogP contribution in [-0.2, 0) is 47.6 Å². The van der Waals surface area contributed by atoms with Crippen molar-refractivity contribution in [1.82, 2.24) is 0 Å². The number of nitrogens with zero attached hydrogens (tertiary/aromatic N) is 1. The number of benzene rings is 1. The number of carbonyl (C=O) groups is 3. The Bertz CT molecular complexity index is 1650. The van der Waals surface area contributed by atoms with E-state index in [1.807, 2.05) is 40.1 Å². The number of aliphatic hydroxyl groups is 1. The number of esters is 2. The number of likely N-dealkylation sites (N-methyl/N-ethyl adjacent to an activating group) is 1. The highest BCUT2D eigenvalue weighted by Gasteiger charge is 2.27. The highest BCUT2D eigenvalue weighted by Crippen LogP contribution is 2.39. The summed E-state index contributed by atoms with van der Waals surface area (Å²) in [7, 11) is 1.18. The van der Waals surface area contributed by atoms with Gasteiger partial charge in [0, 0.05) is 19.4 Å². The number of quaternary nitrogens is 1. The molecule has 2 N–H and O–H groups in total. The fourth-order valence-corrected chi connectivity index (χ4v) is 11.2. The summed E-state index contributed by atoms with van der Waals surface area (Å²) < 4.78 is 38.3. The number of phenols is 1. The molecule has 2 rings (SSSR count). The highest BCUT2D eigenvalue weighted by atomic mass is 31.2. The molecule has 2 atom stereocenters. The van der Waals surface area contributed by atoms with Crippen molar-refractivity contribution in [3.63, 3.8) is 0 Å². The lowest BCUT2D eigenvalue weighted by Gasteiger charge is -2.33. The number of hydrogen-bond acceptors (Lipinski definition) is 12. The molecule has 1 aromatic rings. The van der Waals surface area contributed by atoms with Gasteiger partial charge in [-0.1, -0.05) is 305 Å². The number of epoxide rings is 1. The maximum Gasteiger partial charge on any atom is 0.306 e. The van der Waals surface area contributed by atoms with Gasteiger partial charge in [-0.05, 0) is 54.2 Å². The Morgan fingerprint density at radius 3 is 1.17 bits per heavy atom. The second-order valence-electron chi connectivity index (χ2n) is 27.5. The predicted octanol–water partition coefficient (Wildman–Crippen LogP) is 20.0. The van der Waals surface area contributed by atoms with Crippen LogP contribution in [0.1, 0.15) is 337 Å². The number of aliphatic hydroxyl groups excluding tert-OH is 1. The van der Waals surface area contributed by atoms with Crippen LogP contribution in [0.15, 0.2) is 24.3 Å². The van der Waals surface area contributed by atoms with Crippen LogP contribution < -0.4 is 4.89 Å². The lowest BCUT2D eigenvalue weighted by molar-refractivity contribution is -0.870. The first kappa shape index (κ1) is 88.8. The van der Waals surface area contributed by atoms with Gasteiger partial charge in [-0.15, -0.1) is 0 Å². The van der Waals surface area contributed by atoms with E-state index >= 15 is 0 Å². The van der Waals surface area contributed by atoms with Crippen LogP contribution in [-0.4, -0.2) is 107 Å². The summed E-state index contributed by atoms with van der Waals surface area (Å²) in [5, 5.41) is 17.9. The van der Waals surface area contributed by atoms with E-state index in [-0.39, 0.29) is 37.4 Å². The lowest BCUT2D eigenvalue weighted by atomic mass is 9.72. The largest absolute Gasteiger partial charge is 0.756 e. The Morgan fingerprint density at radius 1 is 0.540 bits per heavy atom. The number of unbranched alkanes of at least 4 members (excludes halogenated alkanes) is 37. The van der Waals surface area contributed by atoms with Gasteiger partial charge in [-0.25, -0.2) is 0 Å². The number of phosphoric acid groups is 1. The molecule has 0 bridgehead atoms. The summed E-state index contributed by atoms with van der Waals surface area (Å²) >= 11 is 0. The molecular formula is C73H142NO12P. The van der Waals surface area contributed by atoms with Gasteiger partial charge in [0.2, 0.25) is 0 Å². The molecule has 1 aliphatic heterocycles. The molecule has 0 saturated carbocycles. The van der Waals surface area contributed by atoms with Gasteiger partial charge in [-0.3, -0.25) is 14.2 Å². The highest BCUT2D eigenvalue weighted by molar-refractivity contribution is 7.45. The first-order valence-electron chi connectivity index (χ1n) is 35.6. The van der Waals surface area contributed by atoms with Crippen molar-refractivity contribution in [2.45, 2.75) is 343 Å². The molecule has 1 aromatic carbocycles. The molecule has 0 spiro atoms. The number of aromatic hydroxyl groups is 1. The Labute approximate surface area is 537 Å². The third-order valence-electron chi connectivity index (χ3n) is 15.5. The minimum atomic E-state index is -4.61. The van der Waals surface area contributed by atoms with Crippen LogP contribution in [0.4, 0.5) is 0 Å². The fraction of sp³-hybridized carbons (Fsp3) is 0.877. The van der Waals surface area contributed by atoms with E-state index in [9.17, 15) is 24.2 Å². The van der Waals surface area contributed by atoms with Gasteiger partial charge >= 0.3 is 11.9 Å². The van der Waals surface area contributed by atoms with E-state index < -0.39 is 26.5 Å². The van der Waals surface area contributed by atoms with Crippen molar-refractivity contribution >= 4 is 26.6 Å². The minimum Gasteiger partial charge on any atom is -0.756 e. The average molecular weight is 1260 g/mol. The normalized spacial score (nSPS) is 13.1. The monoisotopic (exact) mass is 1260 g/mol. The Kier molecular flexibility index (Phi) is 63.7. The van der Waals surface area contributed by atoms with Gasteiger partial charge in [0.05, 0.1) is 41.0 Å². The molecule has 516 valence electrons. The molecule has 87 heavy (non-hydrogen) atoms. The molecule has 0 amide bonds. The van der Waals surface area contributed by atoms with Gasteiger partial charge in [0.1, 0.15) is 32.3 Å². The zero-order valence-electron chi connectivity index (χ0n) is 58.8. The SMILES string of the molecule is C1CO1.C=O.CC(C)(C)CC(C)(C)c1ccc(O)cc1.CCCCCCCCCCCCCCCC(=O)OC[C@H](COP(=O)([O-])OCC[N+](C)(C)C)OC(=O)CCCCCCCCCCCCCCC.CCCCCCCCCCCCCCCCO. The second-order valence-corrected chi connectivity index (χ2v) is 28.9. The van der Waals surface area contributed by atoms with Crippen molar-refractivity contribution in [2.75, 3.05) is 67.3 Å². The van der Waals surface area contributed by atoms with E-state index in [1.54, 1.807) is 12.1 Å². The second kappa shape index (κ2) is 62.4. The Balaban J connectivity index is -0.00000152. The van der Waals surface area contributed by atoms with E-state index in [4.69, 9.17) is 28.4 Å². The van der Waals surface area contributed by atoms with Crippen molar-refractivity contribution in [3.8, 4) is 5.75 Å². The number of rotatable bonds is 54. The quantitative estimate of drug-likeness (QED) is 0.0207. The van der Waals surface area contributed by atoms with E-state index in [1.165, 1.54) is 217 Å². The number of hydrogen-bond donors (Lipinski definition) is 2. The molecular weight excluding hydrogens is 1110 g/mol. The number of carbonyl (C=O) groups excluding carboxylic acids is 3. The molecule has 1 aliphatic rings. The van der Waals surface area contributed by atoms with Gasteiger partial charge in [0.15, 0.2) is 6.10 Å². The summed E-state index contributed by atoms with van der Waals surface area (Å²) in [5.41, 5.74) is 1.77. The van der Waals surface area contributed by atoms with Gasteiger partial charge in [0.25, 0.3) is 7.82 Å². The third kappa shape index (κ3) is 72.6. The Morgan fingerprint density at radius 2 is 0.862 bits per heavy atom. The van der Waals surface area contributed by atoms with Crippen molar-refractivity contribution in [2.24, 2.45) is 5.41 Å². The van der Waals surface area contributed by atoms with Crippen LogP contribution in [0.25, 0.3) is 0 Å². The van der Waals surface area contributed by atoms with Gasteiger partial charge < -0.3 is 47.6 Å². The van der Waals surface area contributed by atoms with Crippen LogP contribution in [0.5, 0.6) is 5.75 Å². The molecule has 1 unspecified atom stereocenters. The topological polar surface area (TPSA) is 181 Å². The van der Waals surface area contributed by atoms with Crippen LogP contribution in [0.3, 0.4) is 0 Å². The van der Waals surface area contributed by atoms with E-state index in [0.29, 0.717) is 35.2 Å². The average Bonchev–Trinajstić information content (AvgIpc) is 3.46. The van der Waals surface area contributed by atoms with Crippen molar-refractivity contribution in [1.29, 1.82) is 0 Å². The van der Waals surface area contributed by atoms with Gasteiger partial charge in [-0.2, -0.15) is 0 Å². The summed E-state index contributed by atoms with van der Waals surface area (Å²) in [6.45, 7) is 22.2. The van der Waals surface area contributed by atoms with Crippen molar-refractivity contribution < 1.29 is 61.8 Å². The molecule has 1 fully saturated rings. The smallest absolute Gasteiger partial charge is 0.306 e. The maximum atomic E-state index is 12.6. The number of phenolic OH excluding ortho intramolecular Hbond substituents is 1. The first-order valence-corrected chi connectivity index (χ1v) is 37.1. The fourth-order valence-electron chi connectivity index (χ4n) is 10.5. The molecule has 1 heterocycles.